The molecule has 0 unspecified atom stereocenters. The Morgan fingerprint density at radius 3 is 2.85 bits per heavy atom. The van der Waals surface area contributed by atoms with Crippen molar-refractivity contribution in [3.63, 3.8) is 0 Å². The van der Waals surface area contributed by atoms with Crippen molar-refractivity contribution in [3.05, 3.63) is 35.9 Å². The molecule has 2 aliphatic heterocycles. The number of amides is 1. The lowest BCUT2D eigenvalue weighted by atomic mass is 9.99. The summed E-state index contributed by atoms with van der Waals surface area (Å²) in [6.45, 7) is 2.24. The molecule has 3 rings (SSSR count). The Morgan fingerprint density at radius 2 is 2.15 bits per heavy atom. The van der Waals surface area contributed by atoms with Gasteiger partial charge in [-0.1, -0.05) is 30.3 Å². The fraction of sp³-hybridized carbons (Fsp3) is 0.562. The number of benzene rings is 1. The van der Waals surface area contributed by atoms with Crippen LogP contribution in [0, 0.1) is 5.92 Å². The van der Waals surface area contributed by atoms with Gasteiger partial charge < -0.3 is 15.3 Å². The van der Waals surface area contributed by atoms with Crippen LogP contribution in [0.1, 0.15) is 18.4 Å². The SMILES string of the molecule is O=C([C@@H]1C[C@H](O)CN1)N1CC[C@H](Cc2ccccc2)C1. The number of aliphatic hydroxyl groups excluding tert-OH is 1. The molecule has 20 heavy (non-hydrogen) atoms. The number of nitrogens with zero attached hydrogens (tertiary/aromatic N) is 1. The summed E-state index contributed by atoms with van der Waals surface area (Å²) in [6.07, 6.45) is 2.31. The largest absolute Gasteiger partial charge is 0.392 e. The molecular formula is C16H22N2O2. The highest BCUT2D eigenvalue weighted by Gasteiger charge is 2.34. The molecule has 0 aromatic heterocycles. The van der Waals surface area contributed by atoms with E-state index in [1.807, 2.05) is 11.0 Å². The van der Waals surface area contributed by atoms with Gasteiger partial charge in [0.15, 0.2) is 0 Å². The van der Waals surface area contributed by atoms with Crippen molar-refractivity contribution in [2.45, 2.75) is 31.4 Å². The zero-order chi connectivity index (χ0) is 13.9. The van der Waals surface area contributed by atoms with Crippen LogP contribution in [-0.2, 0) is 11.2 Å². The van der Waals surface area contributed by atoms with Crippen LogP contribution in [0.25, 0.3) is 0 Å². The van der Waals surface area contributed by atoms with Crippen molar-refractivity contribution in [2.75, 3.05) is 19.6 Å². The molecule has 4 nitrogen and oxygen atoms in total. The summed E-state index contributed by atoms with van der Waals surface area (Å²) in [4.78, 5) is 14.3. The maximum atomic E-state index is 12.3. The number of carbonyl (C=O) groups is 1. The fourth-order valence-corrected chi connectivity index (χ4v) is 3.27. The van der Waals surface area contributed by atoms with Gasteiger partial charge in [-0.05, 0) is 30.7 Å². The highest BCUT2D eigenvalue weighted by Crippen LogP contribution is 2.22. The zero-order valence-corrected chi connectivity index (χ0v) is 11.7. The molecular weight excluding hydrogens is 252 g/mol. The second kappa shape index (κ2) is 5.94. The van der Waals surface area contributed by atoms with Gasteiger partial charge in [-0.15, -0.1) is 0 Å². The predicted octanol–water partition coefficient (Wildman–Crippen LogP) is 0.800. The van der Waals surface area contributed by atoms with E-state index < -0.39 is 0 Å². The van der Waals surface area contributed by atoms with Gasteiger partial charge in [-0.25, -0.2) is 0 Å². The van der Waals surface area contributed by atoms with Crippen molar-refractivity contribution in [1.82, 2.24) is 10.2 Å². The van der Waals surface area contributed by atoms with E-state index in [4.69, 9.17) is 0 Å². The third-order valence-electron chi connectivity index (χ3n) is 4.37. The van der Waals surface area contributed by atoms with Crippen LogP contribution >= 0.6 is 0 Å². The van der Waals surface area contributed by atoms with Gasteiger partial charge in [0.2, 0.25) is 5.91 Å². The molecule has 2 N–H and O–H groups in total. The van der Waals surface area contributed by atoms with Crippen LogP contribution in [0.5, 0.6) is 0 Å². The summed E-state index contributed by atoms with van der Waals surface area (Å²) < 4.78 is 0. The quantitative estimate of drug-likeness (QED) is 0.857. The molecule has 0 spiro atoms. The Balaban J connectivity index is 1.53. The second-order valence-electron chi connectivity index (χ2n) is 5.98. The summed E-state index contributed by atoms with van der Waals surface area (Å²) in [5.74, 6) is 0.727. The van der Waals surface area contributed by atoms with Crippen LogP contribution in [0.2, 0.25) is 0 Å². The molecule has 0 aliphatic carbocycles. The highest BCUT2D eigenvalue weighted by atomic mass is 16.3. The van der Waals surface area contributed by atoms with Crippen molar-refractivity contribution in [3.8, 4) is 0 Å². The summed E-state index contributed by atoms with van der Waals surface area (Å²) in [6, 6.07) is 10.3. The number of hydrogen-bond donors (Lipinski definition) is 2. The first-order valence-electron chi connectivity index (χ1n) is 7.46. The molecule has 108 valence electrons. The fourth-order valence-electron chi connectivity index (χ4n) is 3.27. The van der Waals surface area contributed by atoms with Gasteiger partial charge in [0.1, 0.15) is 0 Å². The van der Waals surface area contributed by atoms with Crippen molar-refractivity contribution < 1.29 is 9.90 Å². The third-order valence-corrected chi connectivity index (χ3v) is 4.37. The maximum absolute atomic E-state index is 12.3. The van der Waals surface area contributed by atoms with Crippen molar-refractivity contribution >= 4 is 5.91 Å². The Hall–Kier alpha value is -1.39. The lowest BCUT2D eigenvalue weighted by molar-refractivity contribution is -0.132. The Labute approximate surface area is 119 Å². The molecule has 2 heterocycles. The smallest absolute Gasteiger partial charge is 0.239 e. The van der Waals surface area contributed by atoms with Gasteiger partial charge in [0, 0.05) is 19.6 Å². The van der Waals surface area contributed by atoms with Gasteiger partial charge in [-0.2, -0.15) is 0 Å². The van der Waals surface area contributed by atoms with Crippen LogP contribution in [-0.4, -0.2) is 47.7 Å². The molecule has 2 aliphatic rings. The van der Waals surface area contributed by atoms with E-state index in [-0.39, 0.29) is 18.1 Å². The molecule has 0 bridgehead atoms. The number of carbonyl (C=O) groups excluding carboxylic acids is 1. The lowest BCUT2D eigenvalue weighted by Gasteiger charge is -2.20. The Morgan fingerprint density at radius 1 is 1.35 bits per heavy atom. The molecule has 4 heteroatoms. The number of nitrogens with one attached hydrogen (secondary N) is 1. The Kier molecular flexibility index (Phi) is 4.03. The number of aliphatic hydroxyl groups is 1. The predicted molar refractivity (Wildman–Crippen MR) is 77.2 cm³/mol. The van der Waals surface area contributed by atoms with Crippen LogP contribution in [0.4, 0.5) is 0 Å². The molecule has 0 radical (unpaired) electrons. The van der Waals surface area contributed by atoms with E-state index in [9.17, 15) is 9.90 Å². The van der Waals surface area contributed by atoms with Gasteiger partial charge in [0.25, 0.3) is 0 Å². The molecule has 1 amide bonds. The van der Waals surface area contributed by atoms with Crippen LogP contribution in [0.15, 0.2) is 30.3 Å². The first-order valence-corrected chi connectivity index (χ1v) is 7.46. The maximum Gasteiger partial charge on any atom is 0.239 e. The summed E-state index contributed by atoms with van der Waals surface area (Å²) >= 11 is 0. The minimum Gasteiger partial charge on any atom is -0.392 e. The summed E-state index contributed by atoms with van der Waals surface area (Å²) in [7, 11) is 0. The number of likely N-dealkylation sites (tertiary alicyclic amines) is 1. The number of hydrogen-bond acceptors (Lipinski definition) is 3. The molecule has 2 fully saturated rings. The monoisotopic (exact) mass is 274 g/mol. The zero-order valence-electron chi connectivity index (χ0n) is 11.7. The van der Waals surface area contributed by atoms with Crippen LogP contribution in [0.3, 0.4) is 0 Å². The first-order chi connectivity index (χ1) is 9.72. The molecule has 1 aromatic rings. The normalized spacial score (nSPS) is 29.9. The Bertz CT molecular complexity index is 463. The average molecular weight is 274 g/mol. The van der Waals surface area contributed by atoms with E-state index in [0.717, 1.165) is 25.9 Å². The summed E-state index contributed by atoms with van der Waals surface area (Å²) in [5.41, 5.74) is 1.35. The van der Waals surface area contributed by atoms with Gasteiger partial charge in [-0.3, -0.25) is 4.79 Å². The lowest BCUT2D eigenvalue weighted by Crippen LogP contribution is -2.42. The van der Waals surface area contributed by atoms with E-state index >= 15 is 0 Å². The van der Waals surface area contributed by atoms with Crippen LogP contribution < -0.4 is 5.32 Å². The van der Waals surface area contributed by atoms with Crippen molar-refractivity contribution in [1.29, 1.82) is 0 Å². The van der Waals surface area contributed by atoms with E-state index in [1.165, 1.54) is 5.56 Å². The van der Waals surface area contributed by atoms with E-state index in [1.54, 1.807) is 0 Å². The molecule has 0 saturated carbocycles. The van der Waals surface area contributed by atoms with Crippen molar-refractivity contribution in [2.24, 2.45) is 5.92 Å². The van der Waals surface area contributed by atoms with E-state index in [0.29, 0.717) is 18.9 Å². The minimum atomic E-state index is -0.369. The number of rotatable bonds is 3. The van der Waals surface area contributed by atoms with Gasteiger partial charge >= 0.3 is 0 Å². The standard InChI is InChI=1S/C16H22N2O2/c19-14-9-15(17-10-14)16(20)18-7-6-13(11-18)8-12-4-2-1-3-5-12/h1-5,13-15,17,19H,6-11H2/t13-,14+,15+/m1/s1. The van der Waals surface area contributed by atoms with E-state index in [2.05, 4.69) is 29.6 Å². The molecule has 3 atom stereocenters. The first kappa shape index (κ1) is 13.6. The minimum absolute atomic E-state index is 0.164. The highest BCUT2D eigenvalue weighted by molar-refractivity contribution is 5.82. The number of β-amino-alcohol motifs (C(OH)–C–C–N with tert-alkyl or cyclic N) is 1. The second-order valence-corrected chi connectivity index (χ2v) is 5.98. The average Bonchev–Trinajstić information content (AvgIpc) is 3.08. The summed E-state index contributed by atoms with van der Waals surface area (Å²) in [5, 5.41) is 12.6. The third kappa shape index (κ3) is 3.02. The molecule has 1 aromatic carbocycles. The van der Waals surface area contributed by atoms with Gasteiger partial charge in [0.05, 0.1) is 12.1 Å². The topological polar surface area (TPSA) is 52.6 Å². The molecule has 2 saturated heterocycles.